The Hall–Kier alpha value is -2.50. The third kappa shape index (κ3) is 4.75. The third-order valence-electron chi connectivity index (χ3n) is 3.45. The van der Waals surface area contributed by atoms with Gasteiger partial charge in [-0.05, 0) is 38.0 Å². The highest BCUT2D eigenvalue weighted by atomic mass is 19.1. The molecular weight excluding hydrogens is 307 g/mol. The Labute approximate surface area is 141 Å². The van der Waals surface area contributed by atoms with Crippen molar-refractivity contribution in [3.8, 4) is 0 Å². The summed E-state index contributed by atoms with van der Waals surface area (Å²) in [5.74, 6) is 0.509. The summed E-state index contributed by atoms with van der Waals surface area (Å²) in [5, 5.41) is 2.67. The van der Waals surface area contributed by atoms with Gasteiger partial charge >= 0.3 is 0 Å². The van der Waals surface area contributed by atoms with Crippen LogP contribution in [0.25, 0.3) is 0 Å². The molecule has 0 spiro atoms. The zero-order chi connectivity index (χ0) is 17.5. The Morgan fingerprint density at radius 2 is 1.88 bits per heavy atom. The molecule has 0 saturated carbocycles. The first-order valence-electron chi connectivity index (χ1n) is 8.21. The van der Waals surface area contributed by atoms with E-state index < -0.39 is 5.82 Å². The van der Waals surface area contributed by atoms with Crippen LogP contribution in [0.4, 0.5) is 15.9 Å². The third-order valence-corrected chi connectivity index (χ3v) is 3.45. The zero-order valence-corrected chi connectivity index (χ0v) is 14.3. The fourth-order valence-electron chi connectivity index (χ4n) is 2.47. The first-order valence-corrected chi connectivity index (χ1v) is 8.21. The molecule has 2 aromatic rings. The lowest BCUT2D eigenvalue weighted by Crippen LogP contribution is -2.27. The molecule has 0 aliphatic heterocycles. The Morgan fingerprint density at radius 1 is 1.17 bits per heavy atom. The maximum Gasteiger partial charge on any atom is 0.274 e. The molecule has 1 N–H and O–H groups in total. The number of halogens is 1. The molecule has 1 aromatic carbocycles. The lowest BCUT2D eigenvalue weighted by atomic mass is 10.2. The van der Waals surface area contributed by atoms with Gasteiger partial charge in [-0.15, -0.1) is 0 Å². The summed E-state index contributed by atoms with van der Waals surface area (Å²) in [5.41, 5.74) is 0.677. The number of nitrogens with zero attached hydrogens (tertiary/aromatic N) is 3. The highest BCUT2D eigenvalue weighted by molar-refractivity contribution is 6.03. The van der Waals surface area contributed by atoms with Crippen LogP contribution in [-0.2, 0) is 0 Å². The topological polar surface area (TPSA) is 58.1 Å². The van der Waals surface area contributed by atoms with Crippen molar-refractivity contribution < 1.29 is 9.18 Å². The summed E-state index contributed by atoms with van der Waals surface area (Å²) < 4.78 is 13.2. The smallest absolute Gasteiger partial charge is 0.274 e. The molecule has 1 amide bonds. The van der Waals surface area contributed by atoms with E-state index in [4.69, 9.17) is 0 Å². The fraction of sp³-hybridized carbons (Fsp3) is 0.389. The van der Waals surface area contributed by atoms with Gasteiger partial charge in [-0.25, -0.2) is 14.4 Å². The highest BCUT2D eigenvalue weighted by Crippen LogP contribution is 2.16. The van der Waals surface area contributed by atoms with Crippen molar-refractivity contribution in [2.75, 3.05) is 23.3 Å². The number of benzene rings is 1. The van der Waals surface area contributed by atoms with E-state index in [1.165, 1.54) is 12.1 Å². The molecule has 0 radical (unpaired) electrons. The molecule has 0 unspecified atom stereocenters. The van der Waals surface area contributed by atoms with Gasteiger partial charge < -0.3 is 10.2 Å². The van der Waals surface area contributed by atoms with Crippen LogP contribution in [0.5, 0.6) is 0 Å². The Balaban J connectivity index is 2.24. The van der Waals surface area contributed by atoms with Gasteiger partial charge in [0, 0.05) is 24.8 Å². The van der Waals surface area contributed by atoms with E-state index >= 15 is 0 Å². The zero-order valence-electron chi connectivity index (χ0n) is 14.3. The van der Waals surface area contributed by atoms with Gasteiger partial charge in [-0.1, -0.05) is 19.9 Å². The van der Waals surface area contributed by atoms with Crippen LogP contribution >= 0.6 is 0 Å². The van der Waals surface area contributed by atoms with Gasteiger partial charge in [0.15, 0.2) is 0 Å². The largest absolute Gasteiger partial charge is 0.357 e. The number of amides is 1. The van der Waals surface area contributed by atoms with Crippen molar-refractivity contribution in [2.45, 2.75) is 33.6 Å². The second kappa shape index (κ2) is 8.38. The Morgan fingerprint density at radius 3 is 2.50 bits per heavy atom. The van der Waals surface area contributed by atoms with E-state index in [1.807, 2.05) is 0 Å². The molecule has 0 aliphatic carbocycles. The van der Waals surface area contributed by atoms with Crippen LogP contribution < -0.4 is 10.2 Å². The molecule has 1 aromatic heterocycles. The summed E-state index contributed by atoms with van der Waals surface area (Å²) >= 11 is 0. The number of hydrogen-bond donors (Lipinski definition) is 1. The summed E-state index contributed by atoms with van der Waals surface area (Å²) in [6, 6.07) is 7.47. The second-order valence-electron chi connectivity index (χ2n) is 5.61. The molecule has 24 heavy (non-hydrogen) atoms. The normalized spacial score (nSPS) is 10.5. The standard InChI is InChI=1S/C18H23FN4O/c1-4-9-23(10-5-2)17-12-16(20-13(3)21-17)18(24)22-15-8-6-7-14(19)11-15/h6-8,11-12H,4-5,9-10H2,1-3H3,(H,22,24). The van der Waals surface area contributed by atoms with E-state index in [-0.39, 0.29) is 11.6 Å². The van der Waals surface area contributed by atoms with Crippen molar-refractivity contribution in [3.63, 3.8) is 0 Å². The highest BCUT2D eigenvalue weighted by Gasteiger charge is 2.14. The monoisotopic (exact) mass is 330 g/mol. The minimum absolute atomic E-state index is 0.277. The summed E-state index contributed by atoms with van der Waals surface area (Å²) in [6.45, 7) is 7.71. The van der Waals surface area contributed by atoms with Crippen molar-refractivity contribution in [1.29, 1.82) is 0 Å². The molecule has 5 nitrogen and oxygen atoms in total. The molecule has 128 valence electrons. The predicted molar refractivity (Wildman–Crippen MR) is 93.9 cm³/mol. The van der Waals surface area contributed by atoms with E-state index in [9.17, 15) is 9.18 Å². The summed E-state index contributed by atoms with van der Waals surface area (Å²) in [4.78, 5) is 23.2. The first-order chi connectivity index (χ1) is 11.5. The van der Waals surface area contributed by atoms with Gasteiger partial charge in [-0.2, -0.15) is 0 Å². The van der Waals surface area contributed by atoms with E-state index in [2.05, 4.69) is 34.0 Å². The van der Waals surface area contributed by atoms with Crippen LogP contribution in [0.1, 0.15) is 43.0 Å². The van der Waals surface area contributed by atoms with Crippen molar-refractivity contribution in [3.05, 3.63) is 47.7 Å². The van der Waals surface area contributed by atoms with Crippen LogP contribution in [0.3, 0.4) is 0 Å². The average Bonchev–Trinajstić information content (AvgIpc) is 2.54. The van der Waals surface area contributed by atoms with E-state index in [1.54, 1.807) is 25.1 Å². The number of nitrogens with one attached hydrogen (secondary N) is 1. The van der Waals surface area contributed by atoms with Gasteiger partial charge in [0.1, 0.15) is 23.2 Å². The molecule has 2 rings (SSSR count). The number of hydrogen-bond acceptors (Lipinski definition) is 4. The number of aryl methyl sites for hydroxylation is 1. The number of anilines is 2. The average molecular weight is 330 g/mol. The summed E-state index contributed by atoms with van der Waals surface area (Å²) in [7, 11) is 0. The number of aromatic nitrogens is 2. The van der Waals surface area contributed by atoms with Gasteiger partial charge in [0.25, 0.3) is 5.91 Å². The molecule has 6 heteroatoms. The first kappa shape index (κ1) is 17.8. The minimum Gasteiger partial charge on any atom is -0.357 e. The minimum atomic E-state index is -0.399. The van der Waals surface area contributed by atoms with Gasteiger partial charge in [0.05, 0.1) is 0 Å². The van der Waals surface area contributed by atoms with Crippen LogP contribution in [0.2, 0.25) is 0 Å². The predicted octanol–water partition coefficient (Wildman–Crippen LogP) is 3.80. The lowest BCUT2D eigenvalue weighted by Gasteiger charge is -2.23. The van der Waals surface area contributed by atoms with E-state index in [0.29, 0.717) is 11.5 Å². The van der Waals surface area contributed by atoms with Crippen LogP contribution in [0.15, 0.2) is 30.3 Å². The van der Waals surface area contributed by atoms with Crippen molar-refractivity contribution in [2.24, 2.45) is 0 Å². The Bertz CT molecular complexity index is 699. The maximum atomic E-state index is 13.2. The molecule has 0 fully saturated rings. The number of rotatable bonds is 7. The molecule has 0 bridgehead atoms. The summed E-state index contributed by atoms with van der Waals surface area (Å²) in [6.07, 6.45) is 1.99. The number of carbonyl (C=O) groups is 1. The molecule has 0 saturated heterocycles. The Kier molecular flexibility index (Phi) is 6.23. The van der Waals surface area contributed by atoms with Gasteiger partial charge in [0.2, 0.25) is 0 Å². The van der Waals surface area contributed by atoms with Crippen molar-refractivity contribution in [1.82, 2.24) is 9.97 Å². The second-order valence-corrected chi connectivity index (χ2v) is 5.61. The molecule has 0 aliphatic rings. The molecule has 1 heterocycles. The van der Waals surface area contributed by atoms with Gasteiger partial charge in [-0.3, -0.25) is 4.79 Å². The molecule has 0 atom stereocenters. The van der Waals surface area contributed by atoms with E-state index in [0.717, 1.165) is 31.7 Å². The SMILES string of the molecule is CCCN(CCC)c1cc(C(=O)Nc2cccc(F)c2)nc(C)n1. The fourth-order valence-corrected chi connectivity index (χ4v) is 2.47. The van der Waals surface area contributed by atoms with Crippen molar-refractivity contribution >= 4 is 17.4 Å². The molecular formula is C18H23FN4O. The lowest BCUT2D eigenvalue weighted by molar-refractivity contribution is 0.102. The quantitative estimate of drug-likeness (QED) is 0.839. The van der Waals surface area contributed by atoms with Crippen LogP contribution in [0, 0.1) is 12.7 Å². The van der Waals surface area contributed by atoms with Crippen LogP contribution in [-0.4, -0.2) is 29.0 Å². The maximum absolute atomic E-state index is 13.2. The number of carbonyl (C=O) groups excluding carboxylic acids is 1.